The van der Waals surface area contributed by atoms with E-state index in [1.807, 2.05) is 6.92 Å². The normalized spacial score (nSPS) is 9.67. The number of ether oxygens (including phenoxy) is 1. The van der Waals surface area contributed by atoms with Gasteiger partial charge in [0.05, 0.1) is 6.54 Å². The van der Waals surface area contributed by atoms with Gasteiger partial charge in [0, 0.05) is 6.54 Å². The van der Waals surface area contributed by atoms with Crippen molar-refractivity contribution < 1.29 is 9.13 Å². The lowest BCUT2D eigenvalue weighted by atomic mass is 10.2. The molecule has 2 nitrogen and oxygen atoms in total. The van der Waals surface area contributed by atoms with Crippen molar-refractivity contribution in [2.24, 2.45) is 0 Å². The van der Waals surface area contributed by atoms with E-state index in [1.165, 1.54) is 12.1 Å². The minimum atomic E-state index is -0.245. The highest BCUT2D eigenvalue weighted by molar-refractivity contribution is 5.32. The molecule has 0 amide bonds. The second kappa shape index (κ2) is 6.05. The number of halogens is 1. The molecule has 1 aromatic rings. The Labute approximate surface area is 89.4 Å². The van der Waals surface area contributed by atoms with Crippen molar-refractivity contribution in [2.45, 2.75) is 6.92 Å². The molecular formula is C12H14FNO. The number of nitrogens with one attached hydrogen (secondary N) is 1. The predicted octanol–water partition coefficient (Wildman–Crippen LogP) is 1.74. The standard InChI is InChI=1S/C12H14FNO/c1-3-6-14-7-8-15-12-5-4-11(13)9-10(12)2/h1,4-5,9,14H,6-8H2,2H3. The summed E-state index contributed by atoms with van der Waals surface area (Å²) in [6.07, 6.45) is 5.07. The zero-order valence-electron chi connectivity index (χ0n) is 8.72. The molecule has 1 N–H and O–H groups in total. The molecule has 0 atom stereocenters. The molecule has 15 heavy (non-hydrogen) atoms. The highest BCUT2D eigenvalue weighted by Gasteiger charge is 2.00. The van der Waals surface area contributed by atoms with Gasteiger partial charge in [0.25, 0.3) is 0 Å². The summed E-state index contributed by atoms with van der Waals surface area (Å²) in [4.78, 5) is 0. The molecular weight excluding hydrogens is 193 g/mol. The Kier molecular flexibility index (Phi) is 4.65. The molecule has 1 rings (SSSR count). The molecule has 0 saturated carbocycles. The van der Waals surface area contributed by atoms with Gasteiger partial charge in [-0.1, -0.05) is 5.92 Å². The summed E-state index contributed by atoms with van der Waals surface area (Å²) >= 11 is 0. The summed E-state index contributed by atoms with van der Waals surface area (Å²) in [5.74, 6) is 2.93. The maximum Gasteiger partial charge on any atom is 0.123 e. The predicted molar refractivity (Wildman–Crippen MR) is 58.3 cm³/mol. The SMILES string of the molecule is C#CCNCCOc1ccc(F)cc1C. The molecule has 0 fully saturated rings. The van der Waals surface area contributed by atoms with Crippen molar-refractivity contribution in [3.63, 3.8) is 0 Å². The second-order valence-electron chi connectivity index (χ2n) is 3.14. The molecule has 0 aliphatic carbocycles. The fraction of sp³-hybridized carbons (Fsp3) is 0.333. The van der Waals surface area contributed by atoms with Gasteiger partial charge in [-0.05, 0) is 30.7 Å². The van der Waals surface area contributed by atoms with Crippen molar-refractivity contribution in [2.75, 3.05) is 19.7 Å². The Balaban J connectivity index is 2.35. The summed E-state index contributed by atoms with van der Waals surface area (Å²) in [5, 5.41) is 3.00. The van der Waals surface area contributed by atoms with Crippen LogP contribution in [-0.4, -0.2) is 19.7 Å². The first-order valence-electron chi connectivity index (χ1n) is 4.77. The summed E-state index contributed by atoms with van der Waals surface area (Å²) < 4.78 is 18.2. The Bertz CT molecular complexity index is 357. The lowest BCUT2D eigenvalue weighted by molar-refractivity contribution is 0.314. The van der Waals surface area contributed by atoms with Crippen LogP contribution in [0.2, 0.25) is 0 Å². The van der Waals surface area contributed by atoms with Gasteiger partial charge in [-0.25, -0.2) is 4.39 Å². The third-order valence-corrected chi connectivity index (χ3v) is 1.90. The van der Waals surface area contributed by atoms with Crippen LogP contribution in [0, 0.1) is 25.1 Å². The summed E-state index contributed by atoms with van der Waals surface area (Å²) in [6, 6.07) is 4.47. The van der Waals surface area contributed by atoms with Gasteiger partial charge < -0.3 is 10.1 Å². The van der Waals surface area contributed by atoms with Crippen molar-refractivity contribution in [3.05, 3.63) is 29.6 Å². The molecule has 0 bridgehead atoms. The third-order valence-electron chi connectivity index (χ3n) is 1.90. The van der Waals surface area contributed by atoms with Gasteiger partial charge in [-0.2, -0.15) is 0 Å². The zero-order valence-corrected chi connectivity index (χ0v) is 8.72. The smallest absolute Gasteiger partial charge is 0.123 e. The lowest BCUT2D eigenvalue weighted by Gasteiger charge is -2.08. The molecule has 3 heteroatoms. The van der Waals surface area contributed by atoms with E-state index in [2.05, 4.69) is 11.2 Å². The highest BCUT2D eigenvalue weighted by Crippen LogP contribution is 2.17. The minimum Gasteiger partial charge on any atom is -0.492 e. The highest BCUT2D eigenvalue weighted by atomic mass is 19.1. The van der Waals surface area contributed by atoms with E-state index >= 15 is 0 Å². The van der Waals surface area contributed by atoms with Crippen molar-refractivity contribution in [1.29, 1.82) is 0 Å². The van der Waals surface area contributed by atoms with Crippen LogP contribution in [0.3, 0.4) is 0 Å². The Hall–Kier alpha value is -1.53. The van der Waals surface area contributed by atoms with Gasteiger partial charge in [0.1, 0.15) is 18.2 Å². The van der Waals surface area contributed by atoms with Gasteiger partial charge in [-0.15, -0.1) is 6.42 Å². The molecule has 0 heterocycles. The van der Waals surface area contributed by atoms with Crippen molar-refractivity contribution in [3.8, 4) is 18.1 Å². The quantitative estimate of drug-likeness (QED) is 0.586. The number of hydrogen-bond donors (Lipinski definition) is 1. The molecule has 0 aliphatic heterocycles. The zero-order chi connectivity index (χ0) is 11.1. The second-order valence-corrected chi connectivity index (χ2v) is 3.14. The van der Waals surface area contributed by atoms with Crippen LogP contribution in [0.25, 0.3) is 0 Å². The third kappa shape index (κ3) is 4.01. The first-order chi connectivity index (χ1) is 7.24. The van der Waals surface area contributed by atoms with Gasteiger partial charge >= 0.3 is 0 Å². The molecule has 1 aromatic carbocycles. The Morgan fingerprint density at radius 3 is 3.00 bits per heavy atom. The number of aryl methyl sites for hydroxylation is 1. The average molecular weight is 207 g/mol. The van der Waals surface area contributed by atoms with Crippen LogP contribution in [0.1, 0.15) is 5.56 Å². The number of terminal acetylenes is 1. The van der Waals surface area contributed by atoms with Crippen LogP contribution in [0.5, 0.6) is 5.75 Å². The van der Waals surface area contributed by atoms with E-state index in [4.69, 9.17) is 11.2 Å². The number of hydrogen-bond acceptors (Lipinski definition) is 2. The largest absolute Gasteiger partial charge is 0.492 e. The van der Waals surface area contributed by atoms with Gasteiger partial charge in [0.15, 0.2) is 0 Å². The number of benzene rings is 1. The van der Waals surface area contributed by atoms with Crippen molar-refractivity contribution in [1.82, 2.24) is 5.32 Å². The molecule has 80 valence electrons. The van der Waals surface area contributed by atoms with E-state index in [0.29, 0.717) is 25.4 Å². The molecule has 0 unspecified atom stereocenters. The fourth-order valence-electron chi connectivity index (χ4n) is 1.17. The average Bonchev–Trinajstić information content (AvgIpc) is 2.20. The summed E-state index contributed by atoms with van der Waals surface area (Å²) in [6.45, 7) is 3.55. The monoisotopic (exact) mass is 207 g/mol. The molecule has 0 spiro atoms. The van der Waals surface area contributed by atoms with E-state index in [1.54, 1.807) is 6.07 Å². The topological polar surface area (TPSA) is 21.3 Å². The lowest BCUT2D eigenvalue weighted by Crippen LogP contribution is -2.21. The molecule has 0 saturated heterocycles. The molecule has 0 aliphatic rings. The fourth-order valence-corrected chi connectivity index (χ4v) is 1.17. The first-order valence-corrected chi connectivity index (χ1v) is 4.77. The van der Waals surface area contributed by atoms with E-state index < -0.39 is 0 Å². The summed E-state index contributed by atoms with van der Waals surface area (Å²) in [7, 11) is 0. The Morgan fingerprint density at radius 2 is 2.33 bits per heavy atom. The van der Waals surface area contributed by atoms with Crippen LogP contribution >= 0.6 is 0 Å². The minimum absolute atomic E-state index is 0.245. The van der Waals surface area contributed by atoms with Crippen molar-refractivity contribution >= 4 is 0 Å². The maximum atomic E-state index is 12.7. The van der Waals surface area contributed by atoms with Gasteiger partial charge in [0.2, 0.25) is 0 Å². The van der Waals surface area contributed by atoms with Crippen LogP contribution < -0.4 is 10.1 Å². The summed E-state index contributed by atoms with van der Waals surface area (Å²) in [5.41, 5.74) is 0.798. The van der Waals surface area contributed by atoms with E-state index in [9.17, 15) is 4.39 Å². The van der Waals surface area contributed by atoms with E-state index in [0.717, 1.165) is 5.56 Å². The Morgan fingerprint density at radius 1 is 1.53 bits per heavy atom. The maximum absolute atomic E-state index is 12.7. The van der Waals surface area contributed by atoms with Crippen LogP contribution in [0.4, 0.5) is 4.39 Å². The van der Waals surface area contributed by atoms with Gasteiger partial charge in [-0.3, -0.25) is 0 Å². The molecule has 0 radical (unpaired) electrons. The van der Waals surface area contributed by atoms with Crippen LogP contribution in [0.15, 0.2) is 18.2 Å². The molecule has 0 aromatic heterocycles. The number of rotatable bonds is 5. The first kappa shape index (κ1) is 11.5. The van der Waals surface area contributed by atoms with E-state index in [-0.39, 0.29) is 5.82 Å². The van der Waals surface area contributed by atoms with Crippen LogP contribution in [-0.2, 0) is 0 Å².